The Kier molecular flexibility index (Phi) is 7.76. The average molecular weight is 471 g/mol. The molecule has 2 amide bonds. The Labute approximate surface area is 200 Å². The van der Waals surface area contributed by atoms with Crippen LogP contribution in [-0.4, -0.2) is 42.0 Å². The summed E-state index contributed by atoms with van der Waals surface area (Å²) >= 11 is 6.16. The lowest BCUT2D eigenvalue weighted by atomic mass is 10.1. The molecule has 33 heavy (non-hydrogen) atoms. The number of nitrogens with one attached hydrogen (secondary N) is 1. The minimum absolute atomic E-state index is 0.0704. The number of amides is 2. The first-order valence-electron chi connectivity index (χ1n) is 11.7. The number of hydrogen-bond acceptors (Lipinski definition) is 4. The third kappa shape index (κ3) is 6.20. The van der Waals surface area contributed by atoms with Gasteiger partial charge >= 0.3 is 0 Å². The van der Waals surface area contributed by atoms with Gasteiger partial charge in [-0.15, -0.1) is 0 Å². The number of rotatable bonds is 8. The molecule has 6 nitrogen and oxygen atoms in total. The van der Waals surface area contributed by atoms with Gasteiger partial charge in [-0.3, -0.25) is 9.59 Å². The number of aryl methyl sites for hydroxylation is 1. The van der Waals surface area contributed by atoms with Crippen LogP contribution < -0.4 is 14.8 Å². The van der Waals surface area contributed by atoms with Crippen molar-refractivity contribution in [2.45, 2.75) is 64.1 Å². The van der Waals surface area contributed by atoms with Crippen molar-refractivity contribution >= 4 is 23.4 Å². The summed E-state index contributed by atoms with van der Waals surface area (Å²) in [6.07, 6.45) is 5.13. The predicted octanol–water partition coefficient (Wildman–Crippen LogP) is 4.52. The molecule has 176 valence electrons. The summed E-state index contributed by atoms with van der Waals surface area (Å²) in [5.41, 5.74) is 1.90. The van der Waals surface area contributed by atoms with Gasteiger partial charge < -0.3 is 19.7 Å². The summed E-state index contributed by atoms with van der Waals surface area (Å²) in [5.74, 6) is 1.28. The summed E-state index contributed by atoms with van der Waals surface area (Å²) in [6, 6.07) is 12.8. The van der Waals surface area contributed by atoms with Crippen LogP contribution in [0.4, 0.5) is 0 Å². The van der Waals surface area contributed by atoms with Gasteiger partial charge in [0.15, 0.2) is 11.5 Å². The zero-order valence-electron chi connectivity index (χ0n) is 19.0. The van der Waals surface area contributed by atoms with E-state index in [2.05, 4.69) is 5.32 Å². The van der Waals surface area contributed by atoms with Crippen LogP contribution in [0.25, 0.3) is 0 Å². The van der Waals surface area contributed by atoms with E-state index in [1.807, 2.05) is 36.4 Å². The summed E-state index contributed by atoms with van der Waals surface area (Å²) in [6.45, 7) is 3.21. The lowest BCUT2D eigenvalue weighted by Crippen LogP contribution is -2.49. The first-order chi connectivity index (χ1) is 16.0. The van der Waals surface area contributed by atoms with E-state index in [0.29, 0.717) is 43.4 Å². The minimum atomic E-state index is -0.572. The van der Waals surface area contributed by atoms with Crippen molar-refractivity contribution in [1.82, 2.24) is 10.2 Å². The van der Waals surface area contributed by atoms with Crippen LogP contribution >= 0.6 is 11.6 Å². The maximum atomic E-state index is 13.3. The van der Waals surface area contributed by atoms with Crippen LogP contribution in [0, 0.1) is 0 Å². The summed E-state index contributed by atoms with van der Waals surface area (Å²) < 4.78 is 11.2. The molecule has 1 aliphatic carbocycles. The first-order valence-corrected chi connectivity index (χ1v) is 12.1. The Bertz CT molecular complexity index is 990. The molecule has 1 heterocycles. The fraction of sp³-hybridized carbons (Fsp3) is 0.462. The highest BCUT2D eigenvalue weighted by atomic mass is 35.5. The van der Waals surface area contributed by atoms with Crippen LogP contribution in [0.15, 0.2) is 42.5 Å². The quantitative estimate of drug-likeness (QED) is 0.616. The van der Waals surface area contributed by atoms with Gasteiger partial charge in [0.1, 0.15) is 19.3 Å². The van der Waals surface area contributed by atoms with Crippen LogP contribution in [0.3, 0.4) is 0 Å². The number of halogens is 1. The molecule has 2 aromatic carbocycles. The van der Waals surface area contributed by atoms with Gasteiger partial charge in [-0.25, -0.2) is 0 Å². The molecule has 1 aliphatic heterocycles. The third-order valence-corrected chi connectivity index (χ3v) is 6.58. The second-order valence-electron chi connectivity index (χ2n) is 8.80. The van der Waals surface area contributed by atoms with E-state index in [9.17, 15) is 9.59 Å². The standard InChI is InChI=1S/C26H31ClN2O4/c1-18(26(31)28-22-7-2-3-8-22)29(17-20-5-4-6-21(27)15-20)25(30)12-10-19-9-11-23-24(16-19)33-14-13-32-23/h4-6,9,11,15-16,18,22H,2-3,7-8,10,12-14,17H2,1H3,(H,28,31)/t18-/m0/s1. The molecule has 1 saturated carbocycles. The number of carbonyl (C=O) groups excluding carboxylic acids is 2. The Morgan fingerprint density at radius 2 is 1.82 bits per heavy atom. The van der Waals surface area contributed by atoms with Crippen molar-refractivity contribution in [3.05, 3.63) is 58.6 Å². The third-order valence-electron chi connectivity index (χ3n) is 6.34. The summed E-state index contributed by atoms with van der Waals surface area (Å²) in [5, 5.41) is 3.74. The van der Waals surface area contributed by atoms with Crippen LogP contribution in [0.5, 0.6) is 11.5 Å². The Hall–Kier alpha value is -2.73. The second-order valence-corrected chi connectivity index (χ2v) is 9.23. The van der Waals surface area contributed by atoms with Crippen molar-refractivity contribution in [3.8, 4) is 11.5 Å². The molecule has 0 spiro atoms. The Balaban J connectivity index is 1.45. The van der Waals surface area contributed by atoms with Crippen molar-refractivity contribution in [3.63, 3.8) is 0 Å². The highest BCUT2D eigenvalue weighted by molar-refractivity contribution is 6.30. The molecule has 0 bridgehead atoms. The zero-order valence-corrected chi connectivity index (χ0v) is 19.8. The van der Waals surface area contributed by atoms with Gasteiger partial charge in [0, 0.05) is 24.0 Å². The van der Waals surface area contributed by atoms with Crippen molar-refractivity contribution in [2.24, 2.45) is 0 Å². The highest BCUT2D eigenvalue weighted by Gasteiger charge is 2.28. The average Bonchev–Trinajstić information content (AvgIpc) is 3.33. The van der Waals surface area contributed by atoms with Crippen molar-refractivity contribution in [2.75, 3.05) is 13.2 Å². The zero-order chi connectivity index (χ0) is 23.2. The Morgan fingerprint density at radius 1 is 1.06 bits per heavy atom. The second kappa shape index (κ2) is 10.9. The smallest absolute Gasteiger partial charge is 0.242 e. The van der Waals surface area contributed by atoms with Crippen molar-refractivity contribution in [1.29, 1.82) is 0 Å². The van der Waals surface area contributed by atoms with E-state index < -0.39 is 6.04 Å². The van der Waals surface area contributed by atoms with Crippen LogP contribution in [-0.2, 0) is 22.6 Å². The minimum Gasteiger partial charge on any atom is -0.486 e. The molecular weight excluding hydrogens is 440 g/mol. The van der Waals surface area contributed by atoms with E-state index in [0.717, 1.165) is 42.6 Å². The van der Waals surface area contributed by atoms with E-state index in [1.54, 1.807) is 17.9 Å². The molecule has 2 aromatic rings. The number of nitrogens with zero attached hydrogens (tertiary/aromatic N) is 1. The van der Waals surface area contributed by atoms with Gasteiger partial charge in [-0.1, -0.05) is 42.6 Å². The predicted molar refractivity (Wildman–Crippen MR) is 128 cm³/mol. The van der Waals surface area contributed by atoms with Gasteiger partial charge in [0.05, 0.1) is 0 Å². The van der Waals surface area contributed by atoms with Crippen LogP contribution in [0.2, 0.25) is 5.02 Å². The van der Waals surface area contributed by atoms with E-state index >= 15 is 0 Å². The van der Waals surface area contributed by atoms with E-state index in [4.69, 9.17) is 21.1 Å². The molecular formula is C26H31ClN2O4. The topological polar surface area (TPSA) is 67.9 Å². The van der Waals surface area contributed by atoms with Gasteiger partial charge in [-0.2, -0.15) is 0 Å². The molecule has 0 saturated heterocycles. The molecule has 0 radical (unpaired) electrons. The Morgan fingerprint density at radius 3 is 2.58 bits per heavy atom. The van der Waals surface area contributed by atoms with E-state index in [-0.39, 0.29) is 17.9 Å². The fourth-order valence-corrected chi connectivity index (χ4v) is 4.66. The highest BCUT2D eigenvalue weighted by Crippen LogP contribution is 2.31. The number of benzene rings is 2. The number of carbonyl (C=O) groups is 2. The first kappa shape index (κ1) is 23.4. The number of ether oxygens (including phenoxy) is 2. The monoisotopic (exact) mass is 470 g/mol. The SMILES string of the molecule is C[C@@H](C(=O)NC1CCCC1)N(Cc1cccc(Cl)c1)C(=O)CCc1ccc2c(c1)OCCO2. The molecule has 0 aromatic heterocycles. The molecule has 0 unspecified atom stereocenters. The largest absolute Gasteiger partial charge is 0.486 e. The summed E-state index contributed by atoms with van der Waals surface area (Å²) in [4.78, 5) is 28.0. The van der Waals surface area contributed by atoms with E-state index in [1.165, 1.54) is 0 Å². The maximum absolute atomic E-state index is 13.3. The normalized spacial score (nSPS) is 16.3. The summed E-state index contributed by atoms with van der Waals surface area (Å²) in [7, 11) is 0. The molecule has 2 aliphatic rings. The molecule has 1 N–H and O–H groups in total. The van der Waals surface area contributed by atoms with Gasteiger partial charge in [-0.05, 0) is 61.6 Å². The van der Waals surface area contributed by atoms with Crippen LogP contribution in [0.1, 0.15) is 50.2 Å². The molecule has 4 rings (SSSR count). The fourth-order valence-electron chi connectivity index (χ4n) is 4.44. The lowest BCUT2D eigenvalue weighted by Gasteiger charge is -2.30. The molecule has 1 atom stereocenters. The lowest BCUT2D eigenvalue weighted by molar-refractivity contribution is -0.140. The van der Waals surface area contributed by atoms with Crippen molar-refractivity contribution < 1.29 is 19.1 Å². The number of hydrogen-bond donors (Lipinski definition) is 1. The van der Waals surface area contributed by atoms with Gasteiger partial charge in [0.2, 0.25) is 11.8 Å². The van der Waals surface area contributed by atoms with Gasteiger partial charge in [0.25, 0.3) is 0 Å². The number of fused-ring (bicyclic) bond motifs is 1. The molecule has 1 fully saturated rings. The molecule has 7 heteroatoms. The maximum Gasteiger partial charge on any atom is 0.242 e.